The van der Waals surface area contributed by atoms with Gasteiger partial charge in [0, 0.05) is 26.1 Å². The highest BCUT2D eigenvalue weighted by atomic mass is 19.4. The van der Waals surface area contributed by atoms with Crippen molar-refractivity contribution < 1.29 is 18.0 Å². The minimum atomic E-state index is -4.11. The lowest BCUT2D eigenvalue weighted by atomic mass is 9.90. The number of alkyl halides is 3. The van der Waals surface area contributed by atoms with Gasteiger partial charge in [-0.1, -0.05) is 24.3 Å². The summed E-state index contributed by atoms with van der Waals surface area (Å²) in [6, 6.07) is 7.74. The summed E-state index contributed by atoms with van der Waals surface area (Å²) in [5.74, 6) is -0.390. The van der Waals surface area contributed by atoms with Gasteiger partial charge in [-0.25, -0.2) is 0 Å². The van der Waals surface area contributed by atoms with Crippen LogP contribution in [0.5, 0.6) is 0 Å². The predicted molar refractivity (Wildman–Crippen MR) is 73.8 cm³/mol. The fourth-order valence-electron chi connectivity index (χ4n) is 2.52. The molecule has 1 atom stereocenters. The molecule has 6 heteroatoms. The number of amides is 1. The monoisotopic (exact) mass is 300 g/mol. The highest BCUT2D eigenvalue weighted by molar-refractivity contribution is 5.84. The van der Waals surface area contributed by atoms with E-state index in [1.54, 1.807) is 0 Å². The SMILES string of the molecule is O=C(NCCCCC(F)(F)F)C1CNCc2ccccc21. The van der Waals surface area contributed by atoms with Crippen LogP contribution in [0.15, 0.2) is 24.3 Å². The standard InChI is InChI=1S/C15H19F3N2O/c16-15(17,18)7-3-4-8-20-14(21)13-10-19-9-11-5-1-2-6-12(11)13/h1-2,5-6,13,19H,3-4,7-10H2,(H,20,21). The van der Waals surface area contributed by atoms with Crippen LogP contribution in [0.1, 0.15) is 36.3 Å². The summed E-state index contributed by atoms with van der Waals surface area (Å²) in [5.41, 5.74) is 2.10. The Morgan fingerprint density at radius 3 is 2.81 bits per heavy atom. The van der Waals surface area contributed by atoms with E-state index < -0.39 is 12.6 Å². The molecular weight excluding hydrogens is 281 g/mol. The Hall–Kier alpha value is -1.56. The zero-order valence-corrected chi connectivity index (χ0v) is 11.7. The number of halogens is 3. The number of carbonyl (C=O) groups is 1. The Bertz CT molecular complexity index is 488. The van der Waals surface area contributed by atoms with Crippen LogP contribution in [0, 0.1) is 0 Å². The van der Waals surface area contributed by atoms with Crippen LogP contribution in [0.4, 0.5) is 13.2 Å². The Balaban J connectivity index is 1.80. The summed E-state index contributed by atoms with van der Waals surface area (Å²) in [4.78, 5) is 12.1. The lowest BCUT2D eigenvalue weighted by Crippen LogP contribution is -2.39. The van der Waals surface area contributed by atoms with Gasteiger partial charge in [-0.15, -0.1) is 0 Å². The molecule has 116 valence electrons. The first-order chi connectivity index (χ1) is 9.97. The molecule has 0 aliphatic carbocycles. The molecule has 0 bridgehead atoms. The molecule has 1 aliphatic heterocycles. The second-order valence-electron chi connectivity index (χ2n) is 5.25. The lowest BCUT2D eigenvalue weighted by Gasteiger charge is -2.25. The number of fused-ring (bicyclic) bond motifs is 1. The summed E-state index contributed by atoms with van der Waals surface area (Å²) < 4.78 is 36.0. The molecular formula is C15H19F3N2O. The summed E-state index contributed by atoms with van der Waals surface area (Å²) in [7, 11) is 0. The number of rotatable bonds is 5. The Kier molecular flexibility index (Phi) is 5.22. The van der Waals surface area contributed by atoms with Crippen molar-refractivity contribution in [2.75, 3.05) is 13.1 Å². The topological polar surface area (TPSA) is 41.1 Å². The number of nitrogens with one attached hydrogen (secondary N) is 2. The van der Waals surface area contributed by atoms with E-state index in [0.29, 0.717) is 13.0 Å². The summed E-state index contributed by atoms with van der Waals surface area (Å²) in [5, 5.41) is 5.92. The molecule has 0 aromatic heterocycles. The highest BCUT2D eigenvalue weighted by Crippen LogP contribution is 2.24. The lowest BCUT2D eigenvalue weighted by molar-refractivity contribution is -0.135. The number of carbonyl (C=O) groups excluding carboxylic acids is 1. The number of benzene rings is 1. The Morgan fingerprint density at radius 1 is 1.29 bits per heavy atom. The molecule has 0 spiro atoms. The number of unbranched alkanes of at least 4 members (excludes halogenated alkanes) is 1. The van der Waals surface area contributed by atoms with Crippen molar-refractivity contribution in [1.82, 2.24) is 10.6 Å². The molecule has 21 heavy (non-hydrogen) atoms. The average Bonchev–Trinajstić information content (AvgIpc) is 2.45. The Morgan fingerprint density at radius 2 is 2.05 bits per heavy atom. The van der Waals surface area contributed by atoms with Crippen molar-refractivity contribution in [1.29, 1.82) is 0 Å². The molecule has 0 saturated heterocycles. The smallest absolute Gasteiger partial charge is 0.356 e. The first-order valence-electron chi connectivity index (χ1n) is 7.10. The molecule has 0 radical (unpaired) electrons. The summed E-state index contributed by atoms with van der Waals surface area (Å²) >= 11 is 0. The third-order valence-electron chi connectivity index (χ3n) is 3.60. The zero-order chi connectivity index (χ0) is 15.3. The van der Waals surface area contributed by atoms with Crippen molar-refractivity contribution in [3.63, 3.8) is 0 Å². The molecule has 1 aromatic carbocycles. The summed E-state index contributed by atoms with van der Waals surface area (Å²) in [6.45, 7) is 1.59. The van der Waals surface area contributed by atoms with Crippen LogP contribution in [-0.2, 0) is 11.3 Å². The predicted octanol–water partition coefficient (Wildman–Crippen LogP) is 2.72. The quantitative estimate of drug-likeness (QED) is 0.821. The molecule has 0 saturated carbocycles. The van der Waals surface area contributed by atoms with E-state index in [2.05, 4.69) is 10.6 Å². The molecule has 1 aromatic rings. The van der Waals surface area contributed by atoms with Crippen molar-refractivity contribution in [2.45, 2.75) is 37.9 Å². The van der Waals surface area contributed by atoms with Gasteiger partial charge in [-0.3, -0.25) is 4.79 Å². The third-order valence-corrected chi connectivity index (χ3v) is 3.60. The third kappa shape index (κ3) is 4.74. The second kappa shape index (κ2) is 6.93. The largest absolute Gasteiger partial charge is 0.389 e. The van der Waals surface area contributed by atoms with Crippen LogP contribution in [0.25, 0.3) is 0 Å². The maximum absolute atomic E-state index is 12.1. The molecule has 2 rings (SSSR count). The van der Waals surface area contributed by atoms with E-state index in [9.17, 15) is 18.0 Å². The maximum atomic E-state index is 12.1. The van der Waals surface area contributed by atoms with E-state index in [1.807, 2.05) is 24.3 Å². The molecule has 1 unspecified atom stereocenters. The molecule has 1 aliphatic rings. The van der Waals surface area contributed by atoms with Crippen LogP contribution in [0.3, 0.4) is 0 Å². The van der Waals surface area contributed by atoms with Crippen LogP contribution in [-0.4, -0.2) is 25.2 Å². The highest BCUT2D eigenvalue weighted by Gasteiger charge is 2.27. The molecule has 1 heterocycles. The summed E-state index contributed by atoms with van der Waals surface area (Å²) in [6.07, 6.45) is -4.52. The van der Waals surface area contributed by atoms with Crippen molar-refractivity contribution in [3.8, 4) is 0 Å². The molecule has 0 fully saturated rings. The van der Waals surface area contributed by atoms with Gasteiger partial charge >= 0.3 is 6.18 Å². The number of hydrogen-bond donors (Lipinski definition) is 2. The van der Waals surface area contributed by atoms with Gasteiger partial charge in [0.15, 0.2) is 0 Å². The fourth-order valence-corrected chi connectivity index (χ4v) is 2.52. The molecule has 1 amide bonds. The van der Waals surface area contributed by atoms with E-state index in [1.165, 1.54) is 0 Å². The van der Waals surface area contributed by atoms with Gasteiger partial charge in [-0.05, 0) is 24.0 Å². The molecule has 2 N–H and O–H groups in total. The van der Waals surface area contributed by atoms with Crippen molar-refractivity contribution in [2.24, 2.45) is 0 Å². The van der Waals surface area contributed by atoms with Gasteiger partial charge < -0.3 is 10.6 Å². The van der Waals surface area contributed by atoms with Crippen molar-refractivity contribution >= 4 is 5.91 Å². The van der Waals surface area contributed by atoms with Gasteiger partial charge in [-0.2, -0.15) is 13.2 Å². The van der Waals surface area contributed by atoms with E-state index >= 15 is 0 Å². The second-order valence-corrected chi connectivity index (χ2v) is 5.25. The van der Waals surface area contributed by atoms with Crippen LogP contribution < -0.4 is 10.6 Å². The average molecular weight is 300 g/mol. The Labute approximate surface area is 121 Å². The van der Waals surface area contributed by atoms with Gasteiger partial charge in [0.1, 0.15) is 0 Å². The fraction of sp³-hybridized carbons (Fsp3) is 0.533. The minimum Gasteiger partial charge on any atom is -0.356 e. The first-order valence-corrected chi connectivity index (χ1v) is 7.10. The van der Waals surface area contributed by atoms with E-state index in [0.717, 1.165) is 17.7 Å². The van der Waals surface area contributed by atoms with Gasteiger partial charge in [0.25, 0.3) is 0 Å². The van der Waals surface area contributed by atoms with E-state index in [-0.39, 0.29) is 24.8 Å². The maximum Gasteiger partial charge on any atom is 0.389 e. The molecule has 3 nitrogen and oxygen atoms in total. The minimum absolute atomic E-state index is 0.0449. The van der Waals surface area contributed by atoms with E-state index in [4.69, 9.17) is 0 Å². The zero-order valence-electron chi connectivity index (χ0n) is 11.7. The van der Waals surface area contributed by atoms with Gasteiger partial charge in [0.05, 0.1) is 5.92 Å². The first kappa shape index (κ1) is 15.8. The van der Waals surface area contributed by atoms with Crippen molar-refractivity contribution in [3.05, 3.63) is 35.4 Å². The van der Waals surface area contributed by atoms with Crippen LogP contribution >= 0.6 is 0 Å². The van der Waals surface area contributed by atoms with Gasteiger partial charge in [0.2, 0.25) is 5.91 Å². The normalized spacial score (nSPS) is 18.1. The van der Waals surface area contributed by atoms with Crippen LogP contribution in [0.2, 0.25) is 0 Å². The number of hydrogen-bond acceptors (Lipinski definition) is 2.